The molecule has 5 N–H and O–H groups in total. The average Bonchev–Trinajstić information content (AvgIpc) is 2.42. The first kappa shape index (κ1) is 14.2. The van der Waals surface area contributed by atoms with Crippen LogP contribution in [0.2, 0.25) is 0 Å². The van der Waals surface area contributed by atoms with Crippen LogP contribution in [0.1, 0.15) is 0 Å². The van der Waals surface area contributed by atoms with E-state index < -0.39 is 43.1 Å². The van der Waals surface area contributed by atoms with Gasteiger partial charge in [-0.2, -0.15) is 0 Å². The Bertz CT molecular complexity index is 413. The summed E-state index contributed by atoms with van der Waals surface area (Å²) in [7, 11) is 0. The summed E-state index contributed by atoms with van der Waals surface area (Å²) in [5.41, 5.74) is 0.478. The van der Waals surface area contributed by atoms with Crippen LogP contribution in [0.3, 0.4) is 0 Å². The van der Waals surface area contributed by atoms with Gasteiger partial charge in [0, 0.05) is 5.69 Å². The summed E-state index contributed by atoms with van der Waals surface area (Å²) in [6.07, 6.45) is -6.20. The smallest absolute Gasteiger partial charge is 0.157 e. The van der Waals surface area contributed by atoms with E-state index in [0.717, 1.165) is 0 Å². The molecule has 1 aliphatic rings. The Morgan fingerprint density at radius 3 is 2.26 bits per heavy atom. The predicted molar refractivity (Wildman–Crippen MR) is 63.8 cm³/mol. The lowest BCUT2D eigenvalue weighted by atomic mass is 9.98. The highest BCUT2D eigenvalue weighted by atomic mass is 19.1. The second kappa shape index (κ2) is 5.81. The highest BCUT2D eigenvalue weighted by Gasteiger charge is 2.43. The summed E-state index contributed by atoms with van der Waals surface area (Å²) in [6, 6.07) is 5.34. The number of hydrogen-bond donors (Lipinski definition) is 5. The van der Waals surface area contributed by atoms with Crippen molar-refractivity contribution in [2.45, 2.75) is 30.6 Å². The summed E-state index contributed by atoms with van der Waals surface area (Å²) in [6.45, 7) is -0.494. The largest absolute Gasteiger partial charge is 0.394 e. The van der Waals surface area contributed by atoms with Crippen molar-refractivity contribution in [3.63, 3.8) is 0 Å². The SMILES string of the molecule is OCC1OC(Nc2ccc(F)cc2)C(O)C(O)C1O. The van der Waals surface area contributed by atoms with E-state index in [4.69, 9.17) is 9.84 Å². The van der Waals surface area contributed by atoms with E-state index in [1.807, 2.05) is 0 Å². The van der Waals surface area contributed by atoms with E-state index in [1.165, 1.54) is 24.3 Å². The number of halogens is 1. The van der Waals surface area contributed by atoms with Gasteiger partial charge in [0.1, 0.15) is 30.2 Å². The van der Waals surface area contributed by atoms with Gasteiger partial charge < -0.3 is 30.5 Å². The minimum absolute atomic E-state index is 0.403. The van der Waals surface area contributed by atoms with Crippen molar-refractivity contribution in [2.75, 3.05) is 11.9 Å². The van der Waals surface area contributed by atoms with Crippen LogP contribution in [0.15, 0.2) is 24.3 Å². The number of nitrogens with one attached hydrogen (secondary N) is 1. The second-order valence-corrected chi connectivity index (χ2v) is 4.40. The molecule has 5 atom stereocenters. The van der Waals surface area contributed by atoms with Crippen molar-refractivity contribution >= 4 is 5.69 Å². The highest BCUT2D eigenvalue weighted by molar-refractivity contribution is 5.43. The molecule has 106 valence electrons. The molecule has 2 rings (SSSR count). The lowest BCUT2D eigenvalue weighted by Crippen LogP contribution is -2.60. The second-order valence-electron chi connectivity index (χ2n) is 4.40. The monoisotopic (exact) mass is 273 g/mol. The molecule has 0 bridgehead atoms. The molecular weight excluding hydrogens is 257 g/mol. The van der Waals surface area contributed by atoms with E-state index in [-0.39, 0.29) is 0 Å². The third-order valence-electron chi connectivity index (χ3n) is 3.05. The average molecular weight is 273 g/mol. The third-order valence-corrected chi connectivity index (χ3v) is 3.05. The summed E-state index contributed by atoms with van der Waals surface area (Å²) in [5, 5.41) is 40.8. The lowest BCUT2D eigenvalue weighted by Gasteiger charge is -2.40. The Morgan fingerprint density at radius 1 is 1.05 bits per heavy atom. The zero-order chi connectivity index (χ0) is 14.0. The van der Waals surface area contributed by atoms with Gasteiger partial charge in [-0.3, -0.25) is 0 Å². The number of rotatable bonds is 3. The van der Waals surface area contributed by atoms with Gasteiger partial charge in [0.15, 0.2) is 6.23 Å². The molecule has 0 radical (unpaired) electrons. The van der Waals surface area contributed by atoms with Gasteiger partial charge >= 0.3 is 0 Å². The number of anilines is 1. The summed E-state index contributed by atoms with van der Waals surface area (Å²) >= 11 is 0. The fraction of sp³-hybridized carbons (Fsp3) is 0.500. The first-order valence-corrected chi connectivity index (χ1v) is 5.85. The normalized spacial score (nSPS) is 35.1. The van der Waals surface area contributed by atoms with E-state index >= 15 is 0 Å². The van der Waals surface area contributed by atoms with Crippen LogP contribution in [0.25, 0.3) is 0 Å². The minimum atomic E-state index is -1.44. The molecule has 19 heavy (non-hydrogen) atoms. The van der Waals surface area contributed by atoms with Gasteiger partial charge in [0.2, 0.25) is 0 Å². The van der Waals surface area contributed by atoms with Crippen LogP contribution in [-0.4, -0.2) is 57.7 Å². The Kier molecular flexibility index (Phi) is 4.33. The van der Waals surface area contributed by atoms with Gasteiger partial charge in [-0.25, -0.2) is 4.39 Å². The van der Waals surface area contributed by atoms with Crippen molar-refractivity contribution in [1.82, 2.24) is 0 Å². The van der Waals surface area contributed by atoms with Crippen molar-refractivity contribution in [3.05, 3.63) is 30.1 Å². The quantitative estimate of drug-likeness (QED) is 0.486. The molecule has 5 unspecified atom stereocenters. The lowest BCUT2D eigenvalue weighted by molar-refractivity contribution is -0.221. The highest BCUT2D eigenvalue weighted by Crippen LogP contribution is 2.22. The van der Waals surface area contributed by atoms with Gasteiger partial charge in [-0.05, 0) is 24.3 Å². The van der Waals surface area contributed by atoms with Crippen molar-refractivity contribution in [1.29, 1.82) is 0 Å². The molecule has 1 aromatic carbocycles. The van der Waals surface area contributed by atoms with Gasteiger partial charge in [-0.15, -0.1) is 0 Å². The number of hydrogen-bond acceptors (Lipinski definition) is 6. The molecular formula is C12H16FNO5. The topological polar surface area (TPSA) is 102 Å². The van der Waals surface area contributed by atoms with Crippen LogP contribution < -0.4 is 5.32 Å². The molecule has 1 aromatic rings. The summed E-state index contributed by atoms with van der Waals surface area (Å²) in [4.78, 5) is 0. The summed E-state index contributed by atoms with van der Waals surface area (Å²) in [5.74, 6) is -0.403. The Morgan fingerprint density at radius 2 is 1.68 bits per heavy atom. The van der Waals surface area contributed by atoms with Gasteiger partial charge in [0.25, 0.3) is 0 Å². The minimum Gasteiger partial charge on any atom is -0.394 e. The molecule has 0 aromatic heterocycles. The molecule has 0 spiro atoms. The van der Waals surface area contributed by atoms with Crippen molar-refractivity contribution in [2.24, 2.45) is 0 Å². The van der Waals surface area contributed by atoms with E-state index in [9.17, 15) is 19.7 Å². The van der Waals surface area contributed by atoms with Gasteiger partial charge in [0.05, 0.1) is 6.61 Å². The molecule has 6 nitrogen and oxygen atoms in total. The Balaban J connectivity index is 2.08. The van der Waals surface area contributed by atoms with Gasteiger partial charge in [-0.1, -0.05) is 0 Å². The first-order valence-electron chi connectivity index (χ1n) is 5.85. The predicted octanol–water partition coefficient (Wildman–Crippen LogP) is -0.963. The maximum absolute atomic E-state index is 12.8. The third kappa shape index (κ3) is 3.02. The molecule has 1 heterocycles. The maximum Gasteiger partial charge on any atom is 0.157 e. The van der Waals surface area contributed by atoms with E-state index in [2.05, 4.69) is 5.32 Å². The van der Waals surface area contributed by atoms with E-state index in [1.54, 1.807) is 0 Å². The molecule has 1 saturated heterocycles. The van der Waals surface area contributed by atoms with Crippen LogP contribution in [0, 0.1) is 5.82 Å². The number of benzene rings is 1. The van der Waals surface area contributed by atoms with Crippen LogP contribution in [0.5, 0.6) is 0 Å². The molecule has 7 heteroatoms. The standard InChI is InChI=1S/C12H16FNO5/c13-6-1-3-7(4-2-6)14-12-11(18)10(17)9(16)8(5-15)19-12/h1-4,8-12,14-18H,5H2. The number of aliphatic hydroxyl groups excluding tert-OH is 4. The molecule has 1 aliphatic heterocycles. The fourth-order valence-electron chi connectivity index (χ4n) is 1.93. The van der Waals surface area contributed by atoms with Crippen LogP contribution in [0.4, 0.5) is 10.1 Å². The number of aliphatic hydroxyl groups is 4. The van der Waals surface area contributed by atoms with Crippen molar-refractivity contribution in [3.8, 4) is 0 Å². The van der Waals surface area contributed by atoms with Crippen LogP contribution in [-0.2, 0) is 4.74 Å². The van der Waals surface area contributed by atoms with Crippen LogP contribution >= 0.6 is 0 Å². The first-order chi connectivity index (χ1) is 9.02. The Labute approximate surface area is 109 Å². The number of ether oxygens (including phenoxy) is 1. The molecule has 0 aliphatic carbocycles. The Hall–Kier alpha value is -1.25. The summed E-state index contributed by atoms with van der Waals surface area (Å²) < 4.78 is 18.0. The molecule has 1 fully saturated rings. The maximum atomic E-state index is 12.8. The zero-order valence-corrected chi connectivity index (χ0v) is 9.98. The van der Waals surface area contributed by atoms with E-state index in [0.29, 0.717) is 5.69 Å². The molecule has 0 saturated carbocycles. The van der Waals surface area contributed by atoms with Crippen molar-refractivity contribution < 1.29 is 29.6 Å². The molecule has 0 amide bonds. The fourth-order valence-corrected chi connectivity index (χ4v) is 1.93. The zero-order valence-electron chi connectivity index (χ0n) is 9.98.